The number of rotatable bonds is 6. The molecule has 1 unspecified atom stereocenters. The van der Waals surface area contributed by atoms with Crippen LogP contribution in [0.25, 0.3) is 0 Å². The molecule has 0 aliphatic heterocycles. The molecule has 1 fully saturated rings. The summed E-state index contributed by atoms with van der Waals surface area (Å²) in [5.41, 5.74) is 5.34. The van der Waals surface area contributed by atoms with E-state index in [-0.39, 0.29) is 24.8 Å². The zero-order valence-corrected chi connectivity index (χ0v) is 20.0. The van der Waals surface area contributed by atoms with E-state index in [4.69, 9.17) is 0 Å². The van der Waals surface area contributed by atoms with Crippen LogP contribution < -0.4 is 24.8 Å². The first-order valence-corrected chi connectivity index (χ1v) is 10.5. The summed E-state index contributed by atoms with van der Waals surface area (Å²) in [6, 6.07) is 0. The summed E-state index contributed by atoms with van der Waals surface area (Å²) in [6.07, 6.45) is 8.45. The molecule has 0 bridgehead atoms. The molecule has 1 nitrogen and oxygen atoms in total. The van der Waals surface area contributed by atoms with E-state index in [2.05, 4.69) is 67.1 Å². The molecule has 0 aromatic rings. The van der Waals surface area contributed by atoms with E-state index in [1.807, 2.05) is 5.57 Å². The minimum Gasteiger partial charge on any atom is -1.00 e. The smallest absolute Gasteiger partial charge is 1.00 e. The van der Waals surface area contributed by atoms with E-state index in [9.17, 15) is 0 Å². The maximum absolute atomic E-state index is 2.44. The average Bonchev–Trinajstić information content (AvgIpc) is 2.78. The topological polar surface area (TPSA) is 3.24 Å². The quantitative estimate of drug-likeness (QED) is 0.527. The van der Waals surface area contributed by atoms with Gasteiger partial charge in [0.15, 0.2) is 0 Å². The third-order valence-electron chi connectivity index (χ3n) is 5.73. The Kier molecular flexibility index (Phi) is 11.9. The summed E-state index contributed by atoms with van der Waals surface area (Å²) < 4.78 is 1.68. The summed E-state index contributed by atoms with van der Waals surface area (Å²) in [5, 5.41) is 0. The minimum atomic E-state index is 0. The normalized spacial score (nSPS) is 22.1. The van der Waals surface area contributed by atoms with Gasteiger partial charge >= 0.3 is 156 Å². The molecular formula is C21H36Cl2NTi. The Morgan fingerprint density at radius 1 is 1.00 bits per heavy atom. The molecular weight excluding hydrogens is 385 g/mol. The first kappa shape index (κ1) is 25.7. The molecule has 25 heavy (non-hydrogen) atoms. The van der Waals surface area contributed by atoms with Crippen molar-refractivity contribution in [3.63, 3.8) is 0 Å². The zero-order chi connectivity index (χ0) is 17.1. The fourth-order valence-corrected chi connectivity index (χ4v) is 6.02. The van der Waals surface area contributed by atoms with E-state index in [0.29, 0.717) is 5.92 Å². The Balaban J connectivity index is 0.00000288. The van der Waals surface area contributed by atoms with Gasteiger partial charge in [0.05, 0.1) is 0 Å². The van der Waals surface area contributed by atoms with Crippen molar-refractivity contribution in [2.75, 3.05) is 20.6 Å². The van der Waals surface area contributed by atoms with Gasteiger partial charge in [0.25, 0.3) is 0 Å². The standard InChI is InChI=1S/C21H36N.2ClH.Ti/c1-15(2)19-14-20(17-10-8-7-9-11-17)21(16(3)4)18(19)12-13-22(5)6;;;/h15-17,21H,7-13H2,1-6H3;2*1H;/q;;;+2/p-2. The molecule has 0 aromatic carbocycles. The van der Waals surface area contributed by atoms with E-state index in [0.717, 1.165) is 17.8 Å². The molecule has 1 atom stereocenters. The van der Waals surface area contributed by atoms with Crippen LogP contribution in [0.2, 0.25) is 0 Å². The predicted molar refractivity (Wildman–Crippen MR) is 97.0 cm³/mol. The van der Waals surface area contributed by atoms with E-state index in [1.54, 1.807) is 15.0 Å². The molecule has 0 N–H and O–H groups in total. The van der Waals surface area contributed by atoms with Crippen LogP contribution in [0.15, 0.2) is 20.6 Å². The molecule has 2 aliphatic carbocycles. The zero-order valence-electron chi connectivity index (χ0n) is 17.0. The maximum Gasteiger partial charge on any atom is -1.00 e. The van der Waals surface area contributed by atoms with Crippen molar-refractivity contribution in [2.24, 2.45) is 23.7 Å². The minimum absolute atomic E-state index is 0. The molecule has 4 heteroatoms. The Labute approximate surface area is 180 Å². The molecule has 0 spiro atoms. The van der Waals surface area contributed by atoms with Gasteiger partial charge in [-0.2, -0.15) is 0 Å². The fraction of sp³-hybridized carbons (Fsp3) is 0.810. The van der Waals surface area contributed by atoms with Gasteiger partial charge < -0.3 is 24.8 Å². The van der Waals surface area contributed by atoms with Gasteiger partial charge in [0.2, 0.25) is 0 Å². The van der Waals surface area contributed by atoms with Gasteiger partial charge in [-0.05, 0) is 0 Å². The van der Waals surface area contributed by atoms with Crippen LogP contribution >= 0.6 is 0 Å². The van der Waals surface area contributed by atoms with Gasteiger partial charge in [-0.15, -0.1) is 0 Å². The monoisotopic (exact) mass is 420 g/mol. The summed E-state index contributed by atoms with van der Waals surface area (Å²) >= 11 is 2.44. The number of allylic oxidation sites excluding steroid dienone is 3. The van der Waals surface area contributed by atoms with E-state index < -0.39 is 0 Å². The fourth-order valence-electron chi connectivity index (χ4n) is 4.75. The first-order chi connectivity index (χ1) is 10.8. The summed E-state index contributed by atoms with van der Waals surface area (Å²) in [6.45, 7) is 10.9. The van der Waals surface area contributed by atoms with Gasteiger partial charge in [0, 0.05) is 0 Å². The maximum atomic E-state index is 2.44. The van der Waals surface area contributed by atoms with Crippen LogP contribution in [0.5, 0.6) is 0 Å². The van der Waals surface area contributed by atoms with Crippen molar-refractivity contribution >= 4 is 0 Å². The number of halogens is 2. The second kappa shape index (κ2) is 11.5. The molecule has 0 amide bonds. The van der Waals surface area contributed by atoms with Crippen molar-refractivity contribution in [1.82, 2.24) is 4.90 Å². The van der Waals surface area contributed by atoms with Crippen LogP contribution in [0.3, 0.4) is 0 Å². The largest absolute Gasteiger partial charge is 1.00 e. The van der Waals surface area contributed by atoms with E-state index >= 15 is 0 Å². The molecule has 2 aliphatic rings. The summed E-state index contributed by atoms with van der Waals surface area (Å²) in [7, 11) is 4.41. The predicted octanol–water partition coefficient (Wildman–Crippen LogP) is -0.434. The average molecular weight is 421 g/mol. The molecule has 2 rings (SSSR count). The van der Waals surface area contributed by atoms with Gasteiger partial charge in [0.1, 0.15) is 0 Å². The third kappa shape index (κ3) is 6.11. The molecule has 1 saturated carbocycles. The number of hydrogen-bond donors (Lipinski definition) is 0. The second-order valence-electron chi connectivity index (χ2n) is 8.53. The van der Waals surface area contributed by atoms with Gasteiger partial charge in [-0.1, -0.05) is 0 Å². The van der Waals surface area contributed by atoms with Crippen molar-refractivity contribution in [3.8, 4) is 0 Å². The number of hydrogen-bond acceptors (Lipinski definition) is 1. The van der Waals surface area contributed by atoms with Crippen LogP contribution in [-0.4, -0.2) is 25.5 Å². The van der Waals surface area contributed by atoms with Gasteiger partial charge in [-0.3, -0.25) is 0 Å². The van der Waals surface area contributed by atoms with Crippen LogP contribution in [0.4, 0.5) is 0 Å². The van der Waals surface area contributed by atoms with Crippen molar-refractivity contribution < 1.29 is 45.2 Å². The molecule has 0 aromatic heterocycles. The Morgan fingerprint density at radius 3 is 2.00 bits per heavy atom. The summed E-state index contributed by atoms with van der Waals surface area (Å²) in [4.78, 5) is 2.34. The first-order valence-electron chi connectivity index (χ1n) is 9.68. The molecule has 143 valence electrons. The second-order valence-corrected chi connectivity index (χ2v) is 9.31. The van der Waals surface area contributed by atoms with Crippen LogP contribution in [0.1, 0.15) is 66.2 Å². The van der Waals surface area contributed by atoms with Crippen molar-refractivity contribution in [2.45, 2.75) is 66.2 Å². The Morgan fingerprint density at radius 2 is 1.56 bits per heavy atom. The van der Waals surface area contributed by atoms with E-state index in [1.165, 1.54) is 45.1 Å². The molecule has 0 saturated heterocycles. The third-order valence-corrected chi connectivity index (χ3v) is 6.60. The van der Waals surface area contributed by atoms with Crippen LogP contribution in [-0.2, 0) is 20.4 Å². The summed E-state index contributed by atoms with van der Waals surface area (Å²) in [5.74, 6) is 2.97. The Hall–Kier alpha value is 0.734. The SMILES string of the molecule is CC(C)C1=C(CCN(C)C)C(C(C)C)C(C2CCCCC2)=[C]1[Ti+2].[Cl-].[Cl-]. The van der Waals surface area contributed by atoms with Crippen molar-refractivity contribution in [3.05, 3.63) is 20.6 Å². The van der Waals surface area contributed by atoms with Gasteiger partial charge in [-0.25, -0.2) is 0 Å². The van der Waals surface area contributed by atoms with Crippen molar-refractivity contribution in [1.29, 1.82) is 0 Å². The molecule has 0 heterocycles. The molecule has 0 radical (unpaired) electrons. The number of nitrogens with zero attached hydrogens (tertiary/aromatic N) is 1. The Bertz CT molecular complexity index is 474. The van der Waals surface area contributed by atoms with Crippen LogP contribution in [0, 0.1) is 23.7 Å².